The van der Waals surface area contributed by atoms with Gasteiger partial charge in [0.05, 0.1) is 17.1 Å². The van der Waals surface area contributed by atoms with Crippen LogP contribution >= 0.6 is 0 Å². The summed E-state index contributed by atoms with van der Waals surface area (Å²) < 4.78 is 104. The van der Waals surface area contributed by atoms with Gasteiger partial charge in [0.15, 0.2) is 0 Å². The molecule has 12 aromatic rings. The molecule has 10 heteroatoms. The third kappa shape index (κ3) is 10.2. The third-order valence-electron chi connectivity index (χ3n) is 14.0. The lowest BCUT2D eigenvalue weighted by atomic mass is 9.85. The fourth-order valence-electron chi connectivity index (χ4n) is 10.1. The quantitative estimate of drug-likeness (QED) is 0.121. The molecule has 0 aliphatic heterocycles. The van der Waals surface area contributed by atoms with E-state index in [9.17, 15) is 22.0 Å². The van der Waals surface area contributed by atoms with Crippen LogP contribution in [0.2, 0.25) is 0 Å². The van der Waals surface area contributed by atoms with Gasteiger partial charge >= 0.3 is 0 Å². The number of hydrogen-bond donors (Lipinski definition) is 0. The predicted molar refractivity (Wildman–Crippen MR) is 299 cm³/mol. The Labute approximate surface area is 450 Å². The molecule has 0 atom stereocenters. The van der Waals surface area contributed by atoms with Crippen molar-refractivity contribution in [3.63, 3.8) is 0 Å². The van der Waals surface area contributed by atoms with Crippen molar-refractivity contribution in [2.24, 2.45) is 0 Å². The van der Waals surface area contributed by atoms with Crippen molar-refractivity contribution in [3.05, 3.63) is 284 Å². The van der Waals surface area contributed by atoms with Crippen LogP contribution in [0.4, 0.5) is 30.7 Å². The fourth-order valence-corrected chi connectivity index (χ4v) is 10.1. The van der Waals surface area contributed by atoms with Gasteiger partial charge in [-0.3, -0.25) is 15.0 Å². The van der Waals surface area contributed by atoms with Gasteiger partial charge in [-0.25, -0.2) is 30.7 Å². The van der Waals surface area contributed by atoms with Crippen molar-refractivity contribution in [2.45, 2.75) is 0 Å². The van der Waals surface area contributed by atoms with Gasteiger partial charge in [-0.2, -0.15) is 0 Å². The summed E-state index contributed by atoms with van der Waals surface area (Å²) >= 11 is 0. The van der Waals surface area contributed by atoms with E-state index in [0.717, 1.165) is 51.6 Å². The molecule has 0 unspecified atom stereocenters. The molecule has 3 aromatic heterocycles. The molecule has 0 aliphatic carbocycles. The van der Waals surface area contributed by atoms with E-state index in [4.69, 9.17) is 4.98 Å². The first-order chi connectivity index (χ1) is 38.5. The van der Waals surface area contributed by atoms with Crippen molar-refractivity contribution in [2.75, 3.05) is 0 Å². The molecule has 380 valence electrons. The number of benzene rings is 9. The van der Waals surface area contributed by atoms with Gasteiger partial charge in [0.2, 0.25) is 0 Å². The Hall–Kier alpha value is -10.1. The van der Waals surface area contributed by atoms with Gasteiger partial charge in [-0.05, 0) is 182 Å². The second-order valence-electron chi connectivity index (χ2n) is 18.9. The van der Waals surface area contributed by atoms with Gasteiger partial charge in [0.25, 0.3) is 0 Å². The summed E-state index contributed by atoms with van der Waals surface area (Å²) in [4.78, 5) is 14.1. The molecule has 0 saturated carbocycles. The normalized spacial score (nSPS) is 11.2. The monoisotopic (exact) mass is 1040 g/mol. The molecule has 3 heterocycles. The number of hydrogen-bond acceptors (Lipinski definition) is 3. The van der Waals surface area contributed by atoms with Crippen LogP contribution in [0.3, 0.4) is 0 Å². The molecule has 0 aliphatic rings. The lowest BCUT2D eigenvalue weighted by molar-refractivity contribution is 0.584. The zero-order valence-electron chi connectivity index (χ0n) is 41.6. The summed E-state index contributed by atoms with van der Waals surface area (Å²) in [5, 5.41) is 0. The molecular weight excluding hydrogens is 1000 g/mol. The van der Waals surface area contributed by atoms with Gasteiger partial charge in [-0.1, -0.05) is 103 Å². The minimum atomic E-state index is -0.773. The molecule has 0 saturated heterocycles. The Balaban J connectivity index is 1.05. The first-order valence-corrected chi connectivity index (χ1v) is 25.1. The zero-order chi connectivity index (χ0) is 54.1. The van der Waals surface area contributed by atoms with E-state index in [0.29, 0.717) is 72.6 Å². The predicted octanol–water partition coefficient (Wildman–Crippen LogP) is 19.2. The van der Waals surface area contributed by atoms with Crippen LogP contribution in [0.15, 0.2) is 243 Å². The van der Waals surface area contributed by atoms with Gasteiger partial charge in [-0.15, -0.1) is 0 Å². The molecule has 3 nitrogen and oxygen atoms in total. The molecule has 0 fully saturated rings. The summed E-state index contributed by atoms with van der Waals surface area (Å²) in [6.45, 7) is 0. The molecule has 9 aromatic carbocycles. The average molecular weight is 1040 g/mol. The molecule has 12 rings (SSSR count). The molecule has 79 heavy (non-hydrogen) atoms. The standard InChI is InChI=1S/C69H40F7N3/c70-50-18-14-44(15-19-50)69-37-63(43-12-10-42(11-13-43)41-6-2-1-3-7-41)64(40-79-69)58-25-21-52(72)34-62(58)49-31-47(56-9-5-4-8-55(56)45-16-28-67(77-38-45)59-26-22-53(73)35-65(59)75)30-48(32-49)61-33-51(71)20-24-57(61)46-17-29-68(78-39-46)60-27-23-54(74)36-66(60)76/h1-40H. The largest absolute Gasteiger partial charge is 0.256 e. The van der Waals surface area contributed by atoms with Crippen molar-refractivity contribution in [1.82, 2.24) is 15.0 Å². The molecular formula is C69H40F7N3. The van der Waals surface area contributed by atoms with E-state index in [2.05, 4.69) is 9.97 Å². The highest BCUT2D eigenvalue weighted by Crippen LogP contribution is 2.45. The molecule has 0 bridgehead atoms. The number of aromatic nitrogens is 3. The van der Waals surface area contributed by atoms with Crippen molar-refractivity contribution >= 4 is 0 Å². The number of rotatable bonds is 11. The van der Waals surface area contributed by atoms with E-state index in [-0.39, 0.29) is 22.6 Å². The van der Waals surface area contributed by atoms with Crippen LogP contribution in [0, 0.1) is 40.7 Å². The third-order valence-corrected chi connectivity index (χ3v) is 14.0. The number of pyridine rings is 3. The van der Waals surface area contributed by atoms with Crippen molar-refractivity contribution in [3.8, 4) is 123 Å². The Morgan fingerprint density at radius 1 is 0.190 bits per heavy atom. The van der Waals surface area contributed by atoms with Gasteiger partial charge < -0.3 is 0 Å². The lowest BCUT2D eigenvalue weighted by Crippen LogP contribution is -1.96. The van der Waals surface area contributed by atoms with Gasteiger partial charge in [0, 0.05) is 64.1 Å². The van der Waals surface area contributed by atoms with Crippen LogP contribution in [0.25, 0.3) is 123 Å². The minimum absolute atomic E-state index is 0.106. The maximum Gasteiger partial charge on any atom is 0.135 e. The highest BCUT2D eigenvalue weighted by Gasteiger charge is 2.21. The first kappa shape index (κ1) is 49.8. The highest BCUT2D eigenvalue weighted by atomic mass is 19.2. The Morgan fingerprint density at radius 2 is 0.570 bits per heavy atom. The smallest absolute Gasteiger partial charge is 0.135 e. The highest BCUT2D eigenvalue weighted by molar-refractivity contribution is 5.97. The molecule has 0 amide bonds. The summed E-state index contributed by atoms with van der Waals surface area (Å²) in [6.07, 6.45) is 4.90. The van der Waals surface area contributed by atoms with E-state index in [1.807, 2.05) is 103 Å². The van der Waals surface area contributed by atoms with E-state index in [1.165, 1.54) is 54.6 Å². The maximum absolute atomic E-state index is 16.2. The summed E-state index contributed by atoms with van der Waals surface area (Å²) in [5.41, 5.74) is 13.0. The Kier molecular flexibility index (Phi) is 13.3. The molecule has 0 N–H and O–H groups in total. The van der Waals surface area contributed by atoms with Crippen molar-refractivity contribution in [1.29, 1.82) is 0 Å². The molecule has 0 radical (unpaired) electrons. The molecule has 0 spiro atoms. The van der Waals surface area contributed by atoms with Crippen molar-refractivity contribution < 1.29 is 30.7 Å². The average Bonchev–Trinajstić information content (AvgIpc) is 3.58. The van der Waals surface area contributed by atoms with E-state index in [1.54, 1.807) is 67.1 Å². The Morgan fingerprint density at radius 3 is 1.10 bits per heavy atom. The van der Waals surface area contributed by atoms with Gasteiger partial charge in [0.1, 0.15) is 40.7 Å². The van der Waals surface area contributed by atoms with E-state index >= 15 is 8.78 Å². The Bertz CT molecular complexity index is 4240. The van der Waals surface area contributed by atoms with Crippen LogP contribution < -0.4 is 0 Å². The van der Waals surface area contributed by atoms with Crippen LogP contribution in [0.1, 0.15) is 0 Å². The zero-order valence-corrected chi connectivity index (χ0v) is 41.6. The second-order valence-corrected chi connectivity index (χ2v) is 18.9. The van der Waals surface area contributed by atoms with Crippen LogP contribution in [-0.4, -0.2) is 15.0 Å². The second kappa shape index (κ2) is 21.2. The summed E-state index contributed by atoms with van der Waals surface area (Å²) in [6, 6.07) is 61.8. The van der Waals surface area contributed by atoms with Crippen LogP contribution in [-0.2, 0) is 0 Å². The number of halogens is 7. The maximum atomic E-state index is 16.2. The SMILES string of the molecule is Fc1ccc(-c2cc(-c3ccc(-c4ccccc4)cc3)c(-c3ccc(F)cc3-c3cc(-c4ccccc4-c4ccc(-c5ccc(F)cc5F)nc4)cc(-c4cc(F)ccc4-c4ccc(-c5ccc(F)cc5F)nc4)c3)cn2)cc1. The minimum Gasteiger partial charge on any atom is -0.256 e. The topological polar surface area (TPSA) is 38.7 Å². The number of nitrogens with zero attached hydrogens (tertiary/aromatic N) is 3. The summed E-state index contributed by atoms with van der Waals surface area (Å²) in [7, 11) is 0. The first-order valence-electron chi connectivity index (χ1n) is 25.1. The van der Waals surface area contributed by atoms with E-state index < -0.39 is 34.9 Å². The fraction of sp³-hybridized carbons (Fsp3) is 0. The van der Waals surface area contributed by atoms with Crippen LogP contribution in [0.5, 0.6) is 0 Å². The lowest BCUT2D eigenvalue weighted by Gasteiger charge is -2.19. The summed E-state index contributed by atoms with van der Waals surface area (Å²) in [5.74, 6) is -4.39.